The van der Waals surface area contributed by atoms with Gasteiger partial charge < -0.3 is 14.2 Å². The van der Waals surface area contributed by atoms with E-state index in [4.69, 9.17) is 14.2 Å². The third-order valence-corrected chi connectivity index (χ3v) is 4.43. The zero-order valence-electron chi connectivity index (χ0n) is 11.2. The molecule has 0 aliphatic heterocycles. The van der Waals surface area contributed by atoms with E-state index in [1.807, 2.05) is 6.08 Å². The molecule has 0 amide bonds. The SMILES string of the molecule is C=C=C(CCC/C=C\CO)P(=O)(OCC)OCC. The third-order valence-electron chi connectivity index (χ3n) is 2.19. The molecule has 0 aliphatic rings. The van der Waals surface area contributed by atoms with Crippen molar-refractivity contribution in [1.82, 2.24) is 0 Å². The summed E-state index contributed by atoms with van der Waals surface area (Å²) in [6.45, 7) is 7.80. The topological polar surface area (TPSA) is 55.8 Å². The number of unbranched alkanes of at least 4 members (excludes halogenated alkanes) is 1. The first-order chi connectivity index (χ1) is 8.64. The van der Waals surface area contributed by atoms with Crippen LogP contribution >= 0.6 is 7.60 Å². The molecule has 0 bridgehead atoms. The molecule has 0 saturated heterocycles. The maximum absolute atomic E-state index is 12.4. The number of rotatable bonds is 10. The second-order valence-corrected chi connectivity index (χ2v) is 5.55. The van der Waals surface area contributed by atoms with Gasteiger partial charge >= 0.3 is 7.60 Å². The highest BCUT2D eigenvalue weighted by Gasteiger charge is 2.28. The zero-order valence-corrected chi connectivity index (χ0v) is 12.1. The normalized spacial score (nSPS) is 11.7. The Morgan fingerprint density at radius 1 is 1.33 bits per heavy atom. The largest absolute Gasteiger partial charge is 0.392 e. The van der Waals surface area contributed by atoms with Crippen LogP contribution in [0.3, 0.4) is 0 Å². The highest BCUT2D eigenvalue weighted by Crippen LogP contribution is 2.57. The van der Waals surface area contributed by atoms with E-state index in [-0.39, 0.29) is 6.61 Å². The molecule has 0 spiro atoms. The maximum Gasteiger partial charge on any atom is 0.364 e. The highest BCUT2D eigenvalue weighted by atomic mass is 31.2. The van der Waals surface area contributed by atoms with E-state index in [9.17, 15) is 4.57 Å². The van der Waals surface area contributed by atoms with Crippen molar-refractivity contribution in [3.8, 4) is 0 Å². The standard InChI is InChI=1S/C13H23O4P/c1-4-13(11-9-7-8-10-12-14)18(15,16-5-2)17-6-3/h8,10,14H,1,5-7,9,11-12H2,2-3H3/b10-8-. The van der Waals surface area contributed by atoms with Gasteiger partial charge in [0, 0.05) is 0 Å². The summed E-state index contributed by atoms with van der Waals surface area (Å²) in [6.07, 6.45) is 5.72. The van der Waals surface area contributed by atoms with E-state index in [2.05, 4.69) is 12.3 Å². The smallest absolute Gasteiger partial charge is 0.364 e. The molecule has 0 saturated carbocycles. The van der Waals surface area contributed by atoms with Gasteiger partial charge in [-0.15, -0.1) is 5.73 Å². The van der Waals surface area contributed by atoms with Crippen molar-refractivity contribution in [2.24, 2.45) is 0 Å². The summed E-state index contributed by atoms with van der Waals surface area (Å²) in [5.74, 6) is 0. The maximum atomic E-state index is 12.4. The molecule has 0 aliphatic carbocycles. The molecule has 5 heteroatoms. The summed E-state index contributed by atoms with van der Waals surface area (Å²) in [6, 6.07) is 0. The zero-order chi connectivity index (χ0) is 13.9. The molecule has 0 fully saturated rings. The van der Waals surface area contributed by atoms with Crippen LogP contribution in [0, 0.1) is 0 Å². The molecule has 0 aromatic heterocycles. The van der Waals surface area contributed by atoms with Crippen LogP contribution in [0.2, 0.25) is 0 Å². The van der Waals surface area contributed by atoms with Crippen LogP contribution in [0.25, 0.3) is 0 Å². The van der Waals surface area contributed by atoms with E-state index in [0.717, 1.165) is 12.8 Å². The number of hydrogen-bond acceptors (Lipinski definition) is 4. The summed E-state index contributed by atoms with van der Waals surface area (Å²) in [7, 11) is -3.22. The van der Waals surface area contributed by atoms with Gasteiger partial charge in [-0.3, -0.25) is 4.57 Å². The molecule has 0 unspecified atom stereocenters. The molecular weight excluding hydrogens is 251 g/mol. The first-order valence-electron chi connectivity index (χ1n) is 6.19. The molecule has 1 N–H and O–H groups in total. The predicted octanol–water partition coefficient (Wildman–Crippen LogP) is 3.64. The molecule has 0 rings (SSSR count). The summed E-state index contributed by atoms with van der Waals surface area (Å²) in [5.41, 5.74) is 2.68. The van der Waals surface area contributed by atoms with Crippen LogP contribution < -0.4 is 0 Å². The van der Waals surface area contributed by atoms with Gasteiger partial charge in [0.05, 0.1) is 25.1 Å². The summed E-state index contributed by atoms with van der Waals surface area (Å²) < 4.78 is 22.9. The molecule has 18 heavy (non-hydrogen) atoms. The number of aliphatic hydroxyl groups excluding tert-OH is 1. The van der Waals surface area contributed by atoms with Crippen LogP contribution in [0.4, 0.5) is 0 Å². The van der Waals surface area contributed by atoms with Crippen molar-refractivity contribution in [2.45, 2.75) is 33.1 Å². The lowest BCUT2D eigenvalue weighted by Gasteiger charge is -2.18. The van der Waals surface area contributed by atoms with Crippen LogP contribution in [0.1, 0.15) is 33.1 Å². The van der Waals surface area contributed by atoms with Gasteiger partial charge in [0.25, 0.3) is 0 Å². The van der Waals surface area contributed by atoms with E-state index >= 15 is 0 Å². The lowest BCUT2D eigenvalue weighted by atomic mass is 10.2. The van der Waals surface area contributed by atoms with Crippen LogP contribution in [-0.2, 0) is 13.6 Å². The molecule has 104 valence electrons. The van der Waals surface area contributed by atoms with Crippen molar-refractivity contribution in [1.29, 1.82) is 0 Å². The van der Waals surface area contributed by atoms with Gasteiger partial charge in [0.1, 0.15) is 0 Å². The summed E-state index contributed by atoms with van der Waals surface area (Å²) in [4.78, 5) is 0. The van der Waals surface area contributed by atoms with Crippen molar-refractivity contribution in [2.75, 3.05) is 19.8 Å². The highest BCUT2D eigenvalue weighted by molar-refractivity contribution is 7.58. The minimum Gasteiger partial charge on any atom is -0.392 e. The van der Waals surface area contributed by atoms with E-state index in [1.165, 1.54) is 0 Å². The fourth-order valence-corrected chi connectivity index (χ4v) is 3.13. The van der Waals surface area contributed by atoms with Crippen molar-refractivity contribution in [3.63, 3.8) is 0 Å². The Morgan fingerprint density at radius 2 is 1.94 bits per heavy atom. The monoisotopic (exact) mass is 274 g/mol. The Balaban J connectivity index is 4.49. The lowest BCUT2D eigenvalue weighted by Crippen LogP contribution is -1.98. The van der Waals surface area contributed by atoms with E-state index in [1.54, 1.807) is 19.9 Å². The Bertz CT molecular complexity index is 333. The molecule has 0 heterocycles. The van der Waals surface area contributed by atoms with Crippen molar-refractivity contribution >= 4 is 7.60 Å². The van der Waals surface area contributed by atoms with Gasteiger partial charge in [-0.1, -0.05) is 18.7 Å². The van der Waals surface area contributed by atoms with Crippen LogP contribution in [0.15, 0.2) is 29.8 Å². The number of hydrogen-bond donors (Lipinski definition) is 1. The first kappa shape index (κ1) is 17.4. The van der Waals surface area contributed by atoms with Gasteiger partial charge in [-0.25, -0.2) is 0 Å². The second-order valence-electron chi connectivity index (χ2n) is 3.50. The Hall–Kier alpha value is -0.630. The van der Waals surface area contributed by atoms with Crippen LogP contribution in [0.5, 0.6) is 0 Å². The average Bonchev–Trinajstić information content (AvgIpc) is 2.34. The molecule has 4 nitrogen and oxygen atoms in total. The minimum absolute atomic E-state index is 0.0422. The lowest BCUT2D eigenvalue weighted by molar-refractivity contribution is 0.225. The third kappa shape index (κ3) is 6.34. The Morgan fingerprint density at radius 3 is 2.39 bits per heavy atom. The fraction of sp³-hybridized carbons (Fsp3) is 0.615. The molecule has 0 aromatic rings. The predicted molar refractivity (Wildman–Crippen MR) is 73.6 cm³/mol. The summed E-state index contributed by atoms with van der Waals surface area (Å²) >= 11 is 0. The average molecular weight is 274 g/mol. The molecular formula is C13H23O4P. The van der Waals surface area contributed by atoms with Gasteiger partial charge in [0.2, 0.25) is 0 Å². The second kappa shape index (κ2) is 10.3. The minimum atomic E-state index is -3.22. The van der Waals surface area contributed by atoms with Gasteiger partial charge in [-0.05, 0) is 33.1 Å². The fourth-order valence-electron chi connectivity index (χ4n) is 1.43. The van der Waals surface area contributed by atoms with E-state index < -0.39 is 7.60 Å². The van der Waals surface area contributed by atoms with Gasteiger partial charge in [0.15, 0.2) is 0 Å². The summed E-state index contributed by atoms with van der Waals surface area (Å²) in [5, 5.41) is 9.09. The number of aliphatic hydroxyl groups is 1. The molecule has 0 aromatic carbocycles. The number of allylic oxidation sites excluding steroid dienone is 2. The van der Waals surface area contributed by atoms with Gasteiger partial charge in [-0.2, -0.15) is 0 Å². The van der Waals surface area contributed by atoms with Crippen LogP contribution in [-0.4, -0.2) is 24.9 Å². The van der Waals surface area contributed by atoms with E-state index in [0.29, 0.717) is 24.9 Å². The Kier molecular flexibility index (Phi) is 9.95. The van der Waals surface area contributed by atoms with Crippen molar-refractivity contribution in [3.05, 3.63) is 29.8 Å². The Labute approximate surface area is 110 Å². The first-order valence-corrected chi connectivity index (χ1v) is 7.73. The molecule has 0 radical (unpaired) electrons. The quantitative estimate of drug-likeness (QED) is 0.286. The molecule has 0 atom stereocenters. The van der Waals surface area contributed by atoms with Crippen molar-refractivity contribution < 1.29 is 18.7 Å².